The molecule has 0 aliphatic carbocycles. The fourth-order valence-corrected chi connectivity index (χ4v) is 2.48. The number of rotatable bonds is 3. The Morgan fingerprint density at radius 2 is 2.19 bits per heavy atom. The molecule has 0 radical (unpaired) electrons. The van der Waals surface area contributed by atoms with Gasteiger partial charge in [-0.1, -0.05) is 11.6 Å². The summed E-state index contributed by atoms with van der Waals surface area (Å²) in [5.41, 5.74) is 0.832. The first-order valence-electron chi connectivity index (χ1n) is 4.74. The zero-order valence-corrected chi connectivity index (χ0v) is 9.95. The van der Waals surface area contributed by atoms with Gasteiger partial charge in [-0.25, -0.2) is 0 Å². The van der Waals surface area contributed by atoms with Crippen LogP contribution in [0.4, 0.5) is 0 Å². The summed E-state index contributed by atoms with van der Waals surface area (Å²) in [4.78, 5) is 6.00. The van der Waals surface area contributed by atoms with Crippen LogP contribution in [0.5, 0.6) is 0 Å². The molecule has 2 heterocycles. The van der Waals surface area contributed by atoms with E-state index in [4.69, 9.17) is 16.2 Å². The van der Waals surface area contributed by atoms with Gasteiger partial charge in [0.05, 0.1) is 10.7 Å². The second-order valence-electron chi connectivity index (χ2n) is 3.80. The SMILES string of the molecule is O=S(=O)(O)C1CN(Cc2ccc(Cl)cn2)C1. The Morgan fingerprint density at radius 1 is 1.50 bits per heavy atom. The number of hydrogen-bond acceptors (Lipinski definition) is 4. The molecule has 0 amide bonds. The first-order chi connectivity index (χ1) is 7.45. The van der Waals surface area contributed by atoms with Crippen molar-refractivity contribution in [3.8, 4) is 0 Å². The van der Waals surface area contributed by atoms with Crippen molar-refractivity contribution in [3.05, 3.63) is 29.0 Å². The normalized spacial score (nSPS) is 18.4. The predicted octanol–water partition coefficient (Wildman–Crippen LogP) is 0.807. The number of likely N-dealkylation sites (tertiary alicyclic amines) is 1. The van der Waals surface area contributed by atoms with Gasteiger partial charge in [-0.2, -0.15) is 8.42 Å². The Labute approximate surface area is 98.8 Å². The van der Waals surface area contributed by atoms with Crippen LogP contribution in [-0.4, -0.2) is 41.2 Å². The van der Waals surface area contributed by atoms with Crippen LogP contribution in [0.1, 0.15) is 5.69 Å². The average molecular weight is 263 g/mol. The van der Waals surface area contributed by atoms with E-state index in [0.29, 0.717) is 24.7 Å². The lowest BCUT2D eigenvalue weighted by molar-refractivity contribution is 0.168. The minimum Gasteiger partial charge on any atom is -0.295 e. The summed E-state index contributed by atoms with van der Waals surface area (Å²) in [5, 5.41) is -0.0806. The van der Waals surface area contributed by atoms with Gasteiger partial charge in [0, 0.05) is 25.8 Å². The molecule has 7 heteroatoms. The number of nitrogens with zero attached hydrogens (tertiary/aromatic N) is 2. The van der Waals surface area contributed by atoms with Gasteiger partial charge in [-0.3, -0.25) is 14.4 Å². The molecule has 1 aliphatic heterocycles. The van der Waals surface area contributed by atoms with E-state index in [1.807, 2.05) is 4.90 Å². The minimum atomic E-state index is -3.88. The highest BCUT2D eigenvalue weighted by Crippen LogP contribution is 2.18. The van der Waals surface area contributed by atoms with Gasteiger partial charge in [-0.15, -0.1) is 0 Å². The third kappa shape index (κ3) is 2.70. The zero-order valence-electron chi connectivity index (χ0n) is 8.38. The molecule has 2 rings (SSSR count). The van der Waals surface area contributed by atoms with Crippen molar-refractivity contribution in [2.75, 3.05) is 13.1 Å². The molecule has 1 fully saturated rings. The van der Waals surface area contributed by atoms with Gasteiger partial charge < -0.3 is 0 Å². The number of hydrogen-bond donors (Lipinski definition) is 1. The van der Waals surface area contributed by atoms with E-state index in [1.54, 1.807) is 18.3 Å². The van der Waals surface area contributed by atoms with Crippen LogP contribution in [0.15, 0.2) is 18.3 Å². The monoisotopic (exact) mass is 262 g/mol. The van der Waals surface area contributed by atoms with Crippen molar-refractivity contribution in [3.63, 3.8) is 0 Å². The van der Waals surface area contributed by atoms with Crippen molar-refractivity contribution < 1.29 is 13.0 Å². The summed E-state index contributed by atoms with van der Waals surface area (Å²) >= 11 is 5.69. The van der Waals surface area contributed by atoms with Crippen molar-refractivity contribution in [1.82, 2.24) is 9.88 Å². The van der Waals surface area contributed by atoms with Crippen LogP contribution >= 0.6 is 11.6 Å². The standard InChI is InChI=1S/C9H11ClN2O3S/c10-7-1-2-8(11-3-7)4-12-5-9(6-12)16(13,14)15/h1-3,9H,4-6H2,(H,13,14,15). The molecule has 1 aromatic heterocycles. The molecule has 0 aromatic carbocycles. The summed E-state index contributed by atoms with van der Waals surface area (Å²) in [7, 11) is -3.88. The number of halogens is 1. The molecule has 5 nitrogen and oxygen atoms in total. The van der Waals surface area contributed by atoms with Crippen LogP contribution in [0, 0.1) is 0 Å². The molecule has 0 saturated carbocycles. The molecule has 0 unspecified atom stereocenters. The van der Waals surface area contributed by atoms with Gasteiger partial charge in [0.15, 0.2) is 0 Å². The van der Waals surface area contributed by atoms with E-state index in [9.17, 15) is 8.42 Å². The van der Waals surface area contributed by atoms with E-state index >= 15 is 0 Å². The Hall–Kier alpha value is -0.690. The lowest BCUT2D eigenvalue weighted by Crippen LogP contribution is -2.53. The molecule has 1 saturated heterocycles. The molecule has 1 aromatic rings. The quantitative estimate of drug-likeness (QED) is 0.816. The van der Waals surface area contributed by atoms with Gasteiger partial charge in [-0.05, 0) is 12.1 Å². The minimum absolute atomic E-state index is 0.350. The van der Waals surface area contributed by atoms with Crippen molar-refractivity contribution >= 4 is 21.7 Å². The maximum absolute atomic E-state index is 10.8. The average Bonchev–Trinajstić information content (AvgIpc) is 2.11. The molecule has 16 heavy (non-hydrogen) atoms. The van der Waals surface area contributed by atoms with Crippen LogP contribution in [0.25, 0.3) is 0 Å². The molecule has 0 atom stereocenters. The van der Waals surface area contributed by atoms with E-state index in [2.05, 4.69) is 4.98 Å². The third-order valence-corrected chi connectivity index (χ3v) is 3.88. The van der Waals surface area contributed by atoms with Crippen LogP contribution in [0.2, 0.25) is 5.02 Å². The van der Waals surface area contributed by atoms with Crippen molar-refractivity contribution in [1.29, 1.82) is 0 Å². The van der Waals surface area contributed by atoms with E-state index in [1.165, 1.54) is 0 Å². The van der Waals surface area contributed by atoms with Gasteiger partial charge in [0.2, 0.25) is 0 Å². The van der Waals surface area contributed by atoms with Gasteiger partial charge in [0.25, 0.3) is 10.1 Å². The second-order valence-corrected chi connectivity index (χ2v) is 5.93. The molecule has 0 spiro atoms. The largest absolute Gasteiger partial charge is 0.295 e. The van der Waals surface area contributed by atoms with Crippen LogP contribution in [-0.2, 0) is 16.7 Å². The van der Waals surface area contributed by atoms with Gasteiger partial charge >= 0.3 is 0 Å². The molecular formula is C9H11ClN2O3S. The van der Waals surface area contributed by atoms with Crippen molar-refractivity contribution in [2.45, 2.75) is 11.8 Å². The highest BCUT2D eigenvalue weighted by molar-refractivity contribution is 7.86. The first-order valence-corrected chi connectivity index (χ1v) is 6.62. The number of pyridine rings is 1. The maximum atomic E-state index is 10.8. The van der Waals surface area contributed by atoms with E-state index in [-0.39, 0.29) is 0 Å². The second kappa shape index (κ2) is 4.29. The highest BCUT2D eigenvalue weighted by Gasteiger charge is 2.35. The fourth-order valence-electron chi connectivity index (χ4n) is 1.57. The Morgan fingerprint density at radius 3 is 2.69 bits per heavy atom. The van der Waals surface area contributed by atoms with Gasteiger partial charge in [0.1, 0.15) is 5.25 Å². The summed E-state index contributed by atoms with van der Waals surface area (Å²) < 4.78 is 30.3. The smallest absolute Gasteiger partial charge is 0.270 e. The molecule has 88 valence electrons. The number of aromatic nitrogens is 1. The van der Waals surface area contributed by atoms with E-state index < -0.39 is 15.4 Å². The zero-order chi connectivity index (χ0) is 11.8. The van der Waals surface area contributed by atoms with Crippen LogP contribution < -0.4 is 0 Å². The molecule has 1 aliphatic rings. The molecule has 0 bridgehead atoms. The summed E-state index contributed by atoms with van der Waals surface area (Å²) in [5.74, 6) is 0. The van der Waals surface area contributed by atoms with E-state index in [0.717, 1.165) is 5.69 Å². The third-order valence-electron chi connectivity index (χ3n) is 2.52. The van der Waals surface area contributed by atoms with Crippen molar-refractivity contribution in [2.24, 2.45) is 0 Å². The topological polar surface area (TPSA) is 70.5 Å². The van der Waals surface area contributed by atoms with Crippen LogP contribution in [0.3, 0.4) is 0 Å². The fraction of sp³-hybridized carbons (Fsp3) is 0.444. The molecular weight excluding hydrogens is 252 g/mol. The maximum Gasteiger partial charge on any atom is 0.270 e. The summed E-state index contributed by atoms with van der Waals surface area (Å²) in [6.07, 6.45) is 1.55. The Bertz CT molecular complexity index is 468. The molecule has 1 N–H and O–H groups in total. The Kier molecular flexibility index (Phi) is 3.16. The highest BCUT2D eigenvalue weighted by atomic mass is 35.5. The lowest BCUT2D eigenvalue weighted by atomic mass is 10.2. The Balaban J connectivity index is 1.88. The predicted molar refractivity (Wildman–Crippen MR) is 59.9 cm³/mol. The summed E-state index contributed by atoms with van der Waals surface area (Å²) in [6, 6.07) is 3.53. The lowest BCUT2D eigenvalue weighted by Gasteiger charge is -2.36. The first kappa shape index (κ1) is 11.8. The summed E-state index contributed by atoms with van der Waals surface area (Å²) in [6.45, 7) is 1.27.